The molecule has 1 N–H and O–H groups in total. The standard InChI is InChI=1S/C24H31N3O3/c1-4-18(19-8-6-5-7-9-19)17-23(28)25-21-16-20(10-11-22(21)30-3)24(29)27-14-12-26(2)13-15-27/h5-11,16,18H,4,12-15,17H2,1-3H3,(H,25,28). The minimum atomic E-state index is -0.0896. The van der Waals surface area contributed by atoms with Gasteiger partial charge in [-0.15, -0.1) is 0 Å². The average molecular weight is 410 g/mol. The Labute approximate surface area is 178 Å². The van der Waals surface area contributed by atoms with Gasteiger partial charge < -0.3 is 19.9 Å². The summed E-state index contributed by atoms with van der Waals surface area (Å²) in [5.74, 6) is 0.587. The molecule has 6 heteroatoms. The molecule has 0 aromatic heterocycles. The van der Waals surface area contributed by atoms with E-state index in [9.17, 15) is 9.59 Å². The summed E-state index contributed by atoms with van der Waals surface area (Å²) in [6.07, 6.45) is 1.25. The zero-order valence-corrected chi connectivity index (χ0v) is 18.1. The number of rotatable bonds is 7. The molecule has 30 heavy (non-hydrogen) atoms. The summed E-state index contributed by atoms with van der Waals surface area (Å²) in [5.41, 5.74) is 2.25. The normalized spacial score (nSPS) is 15.5. The van der Waals surface area contributed by atoms with Gasteiger partial charge in [0.25, 0.3) is 5.91 Å². The van der Waals surface area contributed by atoms with E-state index in [2.05, 4.69) is 36.3 Å². The number of likely N-dealkylation sites (N-methyl/N-ethyl adjacent to an activating group) is 1. The Kier molecular flexibility index (Phi) is 7.46. The number of nitrogens with one attached hydrogen (secondary N) is 1. The summed E-state index contributed by atoms with van der Waals surface area (Å²) in [4.78, 5) is 29.7. The quantitative estimate of drug-likeness (QED) is 0.759. The van der Waals surface area contributed by atoms with Crippen LogP contribution in [0.3, 0.4) is 0 Å². The Bertz CT molecular complexity index is 861. The van der Waals surface area contributed by atoms with Gasteiger partial charge in [-0.3, -0.25) is 9.59 Å². The lowest BCUT2D eigenvalue weighted by atomic mass is 9.93. The maximum absolute atomic E-state index is 12.9. The first-order chi connectivity index (χ1) is 14.5. The molecule has 1 unspecified atom stereocenters. The second kappa shape index (κ2) is 10.3. The van der Waals surface area contributed by atoms with E-state index >= 15 is 0 Å². The molecule has 6 nitrogen and oxygen atoms in total. The molecule has 2 aromatic rings. The van der Waals surface area contributed by atoms with Crippen LogP contribution in [0.25, 0.3) is 0 Å². The van der Waals surface area contributed by atoms with Crippen molar-refractivity contribution in [3.8, 4) is 5.75 Å². The zero-order chi connectivity index (χ0) is 21.5. The van der Waals surface area contributed by atoms with Gasteiger partial charge in [0, 0.05) is 38.2 Å². The highest BCUT2D eigenvalue weighted by Crippen LogP contribution is 2.28. The number of hydrogen-bond acceptors (Lipinski definition) is 4. The minimum Gasteiger partial charge on any atom is -0.495 e. The topological polar surface area (TPSA) is 61.9 Å². The van der Waals surface area contributed by atoms with Gasteiger partial charge in [-0.2, -0.15) is 0 Å². The highest BCUT2D eigenvalue weighted by atomic mass is 16.5. The molecule has 0 bridgehead atoms. The maximum atomic E-state index is 12.9. The Hall–Kier alpha value is -2.86. The number of piperazine rings is 1. The number of carbonyl (C=O) groups excluding carboxylic acids is 2. The van der Waals surface area contributed by atoms with Crippen molar-refractivity contribution in [2.45, 2.75) is 25.7 Å². The predicted molar refractivity (Wildman–Crippen MR) is 119 cm³/mol. The maximum Gasteiger partial charge on any atom is 0.254 e. The molecule has 1 atom stereocenters. The third-order valence-electron chi connectivity index (χ3n) is 5.71. The second-order valence-corrected chi connectivity index (χ2v) is 7.78. The van der Waals surface area contributed by atoms with Crippen LogP contribution in [0.4, 0.5) is 5.69 Å². The number of anilines is 1. The monoisotopic (exact) mass is 409 g/mol. The summed E-state index contributed by atoms with van der Waals surface area (Å²) < 4.78 is 5.41. The van der Waals surface area contributed by atoms with Gasteiger partial charge in [-0.1, -0.05) is 37.3 Å². The first-order valence-corrected chi connectivity index (χ1v) is 10.5. The van der Waals surface area contributed by atoms with E-state index < -0.39 is 0 Å². The number of nitrogens with zero attached hydrogens (tertiary/aromatic N) is 2. The van der Waals surface area contributed by atoms with Crippen molar-refractivity contribution in [1.29, 1.82) is 0 Å². The molecule has 0 radical (unpaired) electrons. The van der Waals surface area contributed by atoms with Crippen molar-refractivity contribution in [3.05, 3.63) is 59.7 Å². The third kappa shape index (κ3) is 5.39. The zero-order valence-electron chi connectivity index (χ0n) is 18.1. The van der Waals surface area contributed by atoms with E-state index in [1.54, 1.807) is 25.3 Å². The third-order valence-corrected chi connectivity index (χ3v) is 5.71. The molecule has 160 valence electrons. The van der Waals surface area contributed by atoms with Gasteiger partial charge in [-0.05, 0) is 43.1 Å². The van der Waals surface area contributed by atoms with Gasteiger partial charge in [0.1, 0.15) is 5.75 Å². The molecule has 0 aliphatic carbocycles. The van der Waals surface area contributed by atoms with Crippen LogP contribution in [-0.2, 0) is 4.79 Å². The van der Waals surface area contributed by atoms with Crippen LogP contribution in [0, 0.1) is 0 Å². The predicted octanol–water partition coefficient (Wildman–Crippen LogP) is 3.61. The van der Waals surface area contributed by atoms with Crippen molar-refractivity contribution in [3.63, 3.8) is 0 Å². The number of carbonyl (C=O) groups is 2. The molecule has 1 fully saturated rings. The molecule has 1 heterocycles. The van der Waals surface area contributed by atoms with E-state index in [0.717, 1.165) is 25.1 Å². The Morgan fingerprint density at radius 2 is 1.77 bits per heavy atom. The molecule has 0 spiro atoms. The number of amides is 2. The summed E-state index contributed by atoms with van der Waals surface area (Å²) >= 11 is 0. The first-order valence-electron chi connectivity index (χ1n) is 10.5. The van der Waals surface area contributed by atoms with Crippen LogP contribution in [0.5, 0.6) is 5.75 Å². The van der Waals surface area contributed by atoms with Crippen molar-refractivity contribution in [2.24, 2.45) is 0 Å². The largest absolute Gasteiger partial charge is 0.495 e. The fraction of sp³-hybridized carbons (Fsp3) is 0.417. The van der Waals surface area contributed by atoms with Crippen LogP contribution in [0.1, 0.15) is 41.6 Å². The van der Waals surface area contributed by atoms with Crippen LogP contribution < -0.4 is 10.1 Å². The average Bonchev–Trinajstić information content (AvgIpc) is 2.78. The van der Waals surface area contributed by atoms with Gasteiger partial charge in [0.15, 0.2) is 0 Å². The van der Waals surface area contributed by atoms with Gasteiger partial charge in [-0.25, -0.2) is 0 Å². The van der Waals surface area contributed by atoms with E-state index in [0.29, 0.717) is 36.5 Å². The number of benzene rings is 2. The molecule has 0 saturated carbocycles. The van der Waals surface area contributed by atoms with Crippen LogP contribution in [-0.4, -0.2) is 62.0 Å². The highest BCUT2D eigenvalue weighted by molar-refractivity contribution is 5.98. The Morgan fingerprint density at radius 3 is 2.40 bits per heavy atom. The van der Waals surface area contributed by atoms with Crippen LogP contribution >= 0.6 is 0 Å². The molecule has 1 aliphatic heterocycles. The lowest BCUT2D eigenvalue weighted by molar-refractivity contribution is -0.116. The first kappa shape index (κ1) is 21.8. The lowest BCUT2D eigenvalue weighted by Crippen LogP contribution is -2.47. The van der Waals surface area contributed by atoms with E-state index in [1.165, 1.54) is 0 Å². The van der Waals surface area contributed by atoms with E-state index in [-0.39, 0.29) is 17.7 Å². The van der Waals surface area contributed by atoms with Gasteiger partial charge in [0.2, 0.25) is 5.91 Å². The molecule has 2 aromatic carbocycles. The fourth-order valence-corrected chi connectivity index (χ4v) is 3.78. The molecule has 1 saturated heterocycles. The minimum absolute atomic E-state index is 0.0167. The van der Waals surface area contributed by atoms with E-state index in [4.69, 9.17) is 4.74 Å². The number of hydrogen-bond donors (Lipinski definition) is 1. The Balaban J connectivity index is 1.72. The highest BCUT2D eigenvalue weighted by Gasteiger charge is 2.22. The fourth-order valence-electron chi connectivity index (χ4n) is 3.78. The lowest BCUT2D eigenvalue weighted by Gasteiger charge is -2.32. The smallest absolute Gasteiger partial charge is 0.254 e. The Morgan fingerprint density at radius 1 is 1.07 bits per heavy atom. The number of ether oxygens (including phenoxy) is 1. The molecular formula is C24H31N3O3. The van der Waals surface area contributed by atoms with Gasteiger partial charge >= 0.3 is 0 Å². The van der Waals surface area contributed by atoms with E-state index in [1.807, 2.05) is 23.1 Å². The molecular weight excluding hydrogens is 378 g/mol. The number of methoxy groups -OCH3 is 1. The van der Waals surface area contributed by atoms with Crippen LogP contribution in [0.15, 0.2) is 48.5 Å². The molecule has 2 amide bonds. The summed E-state index contributed by atoms with van der Waals surface area (Å²) in [6.45, 7) is 5.23. The summed E-state index contributed by atoms with van der Waals surface area (Å²) in [5, 5.41) is 2.96. The van der Waals surface area contributed by atoms with Crippen LogP contribution in [0.2, 0.25) is 0 Å². The van der Waals surface area contributed by atoms with Crippen molar-refractivity contribution in [2.75, 3.05) is 45.7 Å². The summed E-state index contributed by atoms with van der Waals surface area (Å²) in [6, 6.07) is 15.3. The second-order valence-electron chi connectivity index (χ2n) is 7.78. The van der Waals surface area contributed by atoms with Gasteiger partial charge in [0.05, 0.1) is 12.8 Å². The van der Waals surface area contributed by atoms with Crippen molar-refractivity contribution >= 4 is 17.5 Å². The van der Waals surface area contributed by atoms with Crippen molar-refractivity contribution < 1.29 is 14.3 Å². The van der Waals surface area contributed by atoms with Crippen molar-refractivity contribution in [1.82, 2.24) is 9.80 Å². The summed E-state index contributed by atoms with van der Waals surface area (Å²) in [7, 11) is 3.62. The SMILES string of the molecule is CCC(CC(=O)Nc1cc(C(=O)N2CCN(C)CC2)ccc1OC)c1ccccc1. The molecule has 1 aliphatic rings. The molecule has 3 rings (SSSR count).